The summed E-state index contributed by atoms with van der Waals surface area (Å²) >= 11 is 0. The largest absolute Gasteiger partial charge is 0.462 e. The van der Waals surface area contributed by atoms with E-state index in [1.165, 1.54) is 0 Å². The van der Waals surface area contributed by atoms with Gasteiger partial charge in [0, 0.05) is 10.9 Å². The molecule has 0 bridgehead atoms. The molecule has 0 N–H and O–H groups in total. The van der Waals surface area contributed by atoms with Crippen LogP contribution < -0.4 is 0 Å². The molecule has 0 aliphatic rings. The molecule has 2 heterocycles. The molecule has 0 aliphatic heterocycles. The van der Waals surface area contributed by atoms with E-state index in [0.717, 1.165) is 22.0 Å². The standard InChI is InChI=1S/C23H20N2O4/c1-3-28-22(26)19-20(23(27)29-4-2)24-25-18(15-10-6-5-7-11-15)14-16-12-8-9-13-17(16)21(19)25/h5-14H,3-4H2,1-2H3. The Balaban J connectivity index is 2.15. The van der Waals surface area contributed by atoms with Crippen molar-refractivity contribution in [2.45, 2.75) is 13.8 Å². The van der Waals surface area contributed by atoms with Crippen LogP contribution in [0.25, 0.3) is 27.5 Å². The molecule has 146 valence electrons. The van der Waals surface area contributed by atoms with Crippen LogP contribution in [-0.2, 0) is 9.47 Å². The lowest BCUT2D eigenvalue weighted by Gasteiger charge is -2.10. The number of benzene rings is 2. The number of hydrogen-bond acceptors (Lipinski definition) is 5. The number of carbonyl (C=O) groups excluding carboxylic acids is 2. The summed E-state index contributed by atoms with van der Waals surface area (Å²) in [5.74, 6) is -1.25. The first-order chi connectivity index (χ1) is 14.2. The Hall–Kier alpha value is -3.67. The van der Waals surface area contributed by atoms with Crippen LogP contribution in [0, 0.1) is 0 Å². The number of aromatic nitrogens is 2. The first kappa shape index (κ1) is 18.7. The van der Waals surface area contributed by atoms with Crippen molar-refractivity contribution in [3.8, 4) is 11.3 Å². The summed E-state index contributed by atoms with van der Waals surface area (Å²) in [7, 11) is 0. The summed E-state index contributed by atoms with van der Waals surface area (Å²) in [6.07, 6.45) is 0. The molecule has 0 saturated heterocycles. The number of esters is 2. The zero-order valence-corrected chi connectivity index (χ0v) is 16.2. The van der Waals surface area contributed by atoms with E-state index >= 15 is 0 Å². The van der Waals surface area contributed by atoms with Gasteiger partial charge in [-0.1, -0.05) is 54.6 Å². The van der Waals surface area contributed by atoms with Gasteiger partial charge in [-0.25, -0.2) is 14.1 Å². The molecule has 2 aromatic heterocycles. The molecule has 6 nitrogen and oxygen atoms in total. The van der Waals surface area contributed by atoms with Crippen molar-refractivity contribution in [1.29, 1.82) is 0 Å². The van der Waals surface area contributed by atoms with E-state index in [1.54, 1.807) is 18.4 Å². The van der Waals surface area contributed by atoms with Crippen LogP contribution in [0.4, 0.5) is 0 Å². The molecule has 0 radical (unpaired) electrons. The van der Waals surface area contributed by atoms with Crippen molar-refractivity contribution in [3.63, 3.8) is 0 Å². The van der Waals surface area contributed by atoms with Gasteiger partial charge in [-0.15, -0.1) is 0 Å². The lowest BCUT2D eigenvalue weighted by atomic mass is 10.0. The molecule has 0 atom stereocenters. The van der Waals surface area contributed by atoms with Gasteiger partial charge in [0.05, 0.1) is 24.4 Å². The maximum atomic E-state index is 12.9. The highest BCUT2D eigenvalue weighted by Crippen LogP contribution is 2.32. The third-order valence-corrected chi connectivity index (χ3v) is 4.64. The van der Waals surface area contributed by atoms with Crippen molar-refractivity contribution < 1.29 is 19.1 Å². The second-order valence-electron chi connectivity index (χ2n) is 6.41. The van der Waals surface area contributed by atoms with Crippen LogP contribution in [0.3, 0.4) is 0 Å². The average Bonchev–Trinajstić information content (AvgIpc) is 3.15. The fourth-order valence-corrected chi connectivity index (χ4v) is 3.44. The Morgan fingerprint density at radius 3 is 2.28 bits per heavy atom. The smallest absolute Gasteiger partial charge is 0.359 e. The second-order valence-corrected chi connectivity index (χ2v) is 6.41. The quantitative estimate of drug-likeness (QED) is 0.471. The van der Waals surface area contributed by atoms with Gasteiger partial charge in [0.2, 0.25) is 0 Å². The molecule has 4 rings (SSSR count). The Bertz CT molecular complexity index is 1210. The Labute approximate surface area is 167 Å². The van der Waals surface area contributed by atoms with Crippen molar-refractivity contribution in [2.75, 3.05) is 13.2 Å². The molecular weight excluding hydrogens is 368 g/mol. The summed E-state index contributed by atoms with van der Waals surface area (Å²) in [5.41, 5.74) is 2.29. The minimum atomic E-state index is -0.651. The van der Waals surface area contributed by atoms with E-state index in [4.69, 9.17) is 9.47 Å². The zero-order chi connectivity index (χ0) is 20.4. The Morgan fingerprint density at radius 1 is 0.897 bits per heavy atom. The van der Waals surface area contributed by atoms with Gasteiger partial charge in [0.1, 0.15) is 5.56 Å². The first-order valence-electron chi connectivity index (χ1n) is 9.49. The monoisotopic (exact) mass is 388 g/mol. The lowest BCUT2D eigenvalue weighted by Crippen LogP contribution is -2.13. The van der Waals surface area contributed by atoms with Crippen molar-refractivity contribution in [2.24, 2.45) is 0 Å². The third-order valence-electron chi connectivity index (χ3n) is 4.64. The van der Waals surface area contributed by atoms with E-state index in [2.05, 4.69) is 5.10 Å². The van der Waals surface area contributed by atoms with Crippen LogP contribution in [0.15, 0.2) is 60.7 Å². The minimum absolute atomic E-state index is 0.0427. The number of fused-ring (bicyclic) bond motifs is 3. The summed E-state index contributed by atoms with van der Waals surface area (Å²) in [4.78, 5) is 25.5. The molecule has 0 amide bonds. The molecule has 0 unspecified atom stereocenters. The van der Waals surface area contributed by atoms with E-state index in [1.807, 2.05) is 60.7 Å². The lowest BCUT2D eigenvalue weighted by molar-refractivity contribution is 0.0476. The highest BCUT2D eigenvalue weighted by Gasteiger charge is 2.29. The molecule has 0 spiro atoms. The van der Waals surface area contributed by atoms with Crippen LogP contribution in [0.1, 0.15) is 34.7 Å². The maximum absolute atomic E-state index is 12.9. The molecule has 4 aromatic rings. The predicted octanol–water partition coefficient (Wildman–Crippen LogP) is 4.51. The topological polar surface area (TPSA) is 69.9 Å². The summed E-state index contributed by atoms with van der Waals surface area (Å²) < 4.78 is 12.1. The van der Waals surface area contributed by atoms with E-state index in [9.17, 15) is 9.59 Å². The van der Waals surface area contributed by atoms with Crippen LogP contribution in [-0.4, -0.2) is 34.8 Å². The highest BCUT2D eigenvalue weighted by molar-refractivity contribution is 6.14. The van der Waals surface area contributed by atoms with Crippen LogP contribution in [0.5, 0.6) is 0 Å². The maximum Gasteiger partial charge on any atom is 0.359 e. The Kier molecular flexibility index (Phi) is 4.99. The van der Waals surface area contributed by atoms with Crippen molar-refractivity contribution >= 4 is 28.2 Å². The van der Waals surface area contributed by atoms with Crippen molar-refractivity contribution in [1.82, 2.24) is 9.61 Å². The van der Waals surface area contributed by atoms with Gasteiger partial charge in [0.15, 0.2) is 5.69 Å². The van der Waals surface area contributed by atoms with Crippen LogP contribution >= 0.6 is 0 Å². The normalized spacial score (nSPS) is 11.0. The fourth-order valence-electron chi connectivity index (χ4n) is 3.44. The van der Waals surface area contributed by atoms with E-state index in [-0.39, 0.29) is 24.5 Å². The number of nitrogens with zero attached hydrogens (tertiary/aromatic N) is 2. The summed E-state index contributed by atoms with van der Waals surface area (Å²) in [5, 5.41) is 6.24. The highest BCUT2D eigenvalue weighted by atomic mass is 16.5. The van der Waals surface area contributed by atoms with Gasteiger partial charge in [-0.3, -0.25) is 0 Å². The number of hydrogen-bond donors (Lipinski definition) is 0. The SMILES string of the molecule is CCOC(=O)c1nn2c(-c3ccccc3)cc3ccccc3c2c1C(=O)OCC. The summed E-state index contributed by atoms with van der Waals surface area (Å²) in [6, 6.07) is 19.4. The fraction of sp³-hybridized carbons (Fsp3) is 0.174. The first-order valence-corrected chi connectivity index (χ1v) is 9.49. The van der Waals surface area contributed by atoms with Crippen LogP contribution in [0.2, 0.25) is 0 Å². The molecule has 0 saturated carbocycles. The number of rotatable bonds is 5. The molecule has 29 heavy (non-hydrogen) atoms. The Morgan fingerprint density at radius 2 is 1.55 bits per heavy atom. The van der Waals surface area contributed by atoms with Crippen molar-refractivity contribution in [3.05, 3.63) is 71.9 Å². The van der Waals surface area contributed by atoms with Gasteiger partial charge in [0.25, 0.3) is 0 Å². The van der Waals surface area contributed by atoms with Gasteiger partial charge < -0.3 is 9.47 Å². The predicted molar refractivity (Wildman–Crippen MR) is 110 cm³/mol. The number of carbonyl (C=O) groups is 2. The van der Waals surface area contributed by atoms with E-state index in [0.29, 0.717) is 5.52 Å². The van der Waals surface area contributed by atoms with Gasteiger partial charge in [-0.05, 0) is 25.3 Å². The molecule has 0 fully saturated rings. The molecular formula is C23H20N2O4. The zero-order valence-electron chi connectivity index (χ0n) is 16.2. The molecule has 6 heteroatoms. The molecule has 0 aliphatic carbocycles. The average molecular weight is 388 g/mol. The second kappa shape index (κ2) is 7.75. The van der Waals surface area contributed by atoms with Gasteiger partial charge in [-0.2, -0.15) is 5.10 Å². The minimum Gasteiger partial charge on any atom is -0.462 e. The molecule has 2 aromatic carbocycles. The third kappa shape index (κ3) is 3.23. The van der Waals surface area contributed by atoms with Gasteiger partial charge >= 0.3 is 11.9 Å². The summed E-state index contributed by atoms with van der Waals surface area (Å²) in [6.45, 7) is 3.81. The number of pyridine rings is 1. The van der Waals surface area contributed by atoms with E-state index < -0.39 is 11.9 Å². The number of ether oxygens (including phenoxy) is 2.